The first-order valence-corrected chi connectivity index (χ1v) is 9.22. The molecule has 1 aromatic carbocycles. The average Bonchev–Trinajstić information content (AvgIpc) is 2.28. The lowest BCUT2D eigenvalue weighted by Gasteiger charge is -2.13. The third-order valence-electron chi connectivity index (χ3n) is 2.39. The molecule has 19 heavy (non-hydrogen) atoms. The van der Waals surface area contributed by atoms with E-state index in [2.05, 4.69) is 10.0 Å². The van der Waals surface area contributed by atoms with E-state index in [1.807, 2.05) is 6.92 Å². The highest BCUT2D eigenvalue weighted by Crippen LogP contribution is 2.14. The second-order valence-corrected chi connectivity index (χ2v) is 7.51. The minimum atomic E-state index is -3.55. The highest BCUT2D eigenvalue weighted by molar-refractivity contribution is 7.89. The number of benzene rings is 1. The predicted molar refractivity (Wildman–Crippen MR) is 79.3 cm³/mol. The van der Waals surface area contributed by atoms with Crippen LogP contribution in [0.2, 0.25) is 0 Å². The maximum Gasteiger partial charge on any atom is 0.240 e. The zero-order chi connectivity index (χ0) is 14.5. The number of sulfonamides is 1. The van der Waals surface area contributed by atoms with E-state index in [0.29, 0.717) is 5.75 Å². The number of hydrogen-bond donors (Lipinski definition) is 2. The molecule has 2 unspecified atom stereocenters. The van der Waals surface area contributed by atoms with E-state index in [1.165, 1.54) is 0 Å². The normalized spacial score (nSPS) is 14.9. The van der Waals surface area contributed by atoms with E-state index in [0.717, 1.165) is 12.2 Å². The summed E-state index contributed by atoms with van der Waals surface area (Å²) in [7, 11) is -4.58. The average molecular weight is 304 g/mol. The molecule has 0 aliphatic carbocycles. The van der Waals surface area contributed by atoms with Gasteiger partial charge in [-0.2, -0.15) is 0 Å². The topological polar surface area (TPSA) is 75.3 Å². The van der Waals surface area contributed by atoms with Crippen molar-refractivity contribution in [2.75, 3.05) is 23.9 Å². The molecule has 108 valence electrons. The van der Waals surface area contributed by atoms with Gasteiger partial charge in [-0.15, -0.1) is 0 Å². The van der Waals surface area contributed by atoms with Crippen molar-refractivity contribution in [2.45, 2.75) is 24.8 Å². The van der Waals surface area contributed by atoms with E-state index >= 15 is 0 Å². The molecule has 0 radical (unpaired) electrons. The monoisotopic (exact) mass is 304 g/mol. The SMILES string of the molecule is CCNc1ccc(S(=O)(=O)NC(C)CS(C)=O)cc1. The highest BCUT2D eigenvalue weighted by Gasteiger charge is 2.17. The molecular formula is C12H20N2O3S2. The molecule has 0 saturated heterocycles. The Hall–Kier alpha value is -0.920. The smallest absolute Gasteiger partial charge is 0.240 e. The van der Waals surface area contributed by atoms with Gasteiger partial charge in [0.2, 0.25) is 10.0 Å². The van der Waals surface area contributed by atoms with Gasteiger partial charge in [0.1, 0.15) is 0 Å². The zero-order valence-corrected chi connectivity index (χ0v) is 13.0. The van der Waals surface area contributed by atoms with Gasteiger partial charge in [0.15, 0.2) is 0 Å². The Morgan fingerprint density at radius 2 is 1.84 bits per heavy atom. The molecule has 7 heteroatoms. The molecule has 0 bridgehead atoms. The van der Waals surface area contributed by atoms with Crippen LogP contribution in [-0.4, -0.2) is 37.2 Å². The van der Waals surface area contributed by atoms with E-state index in [4.69, 9.17) is 0 Å². The van der Waals surface area contributed by atoms with Crippen molar-refractivity contribution in [1.82, 2.24) is 4.72 Å². The first-order chi connectivity index (χ1) is 8.85. The molecule has 0 heterocycles. The van der Waals surface area contributed by atoms with Gasteiger partial charge >= 0.3 is 0 Å². The fourth-order valence-corrected chi connectivity index (χ4v) is 3.81. The second-order valence-electron chi connectivity index (χ2n) is 4.32. The highest BCUT2D eigenvalue weighted by atomic mass is 32.2. The van der Waals surface area contributed by atoms with Crippen LogP contribution < -0.4 is 10.0 Å². The van der Waals surface area contributed by atoms with Gasteiger partial charge in [-0.3, -0.25) is 4.21 Å². The Labute approximate surface area is 117 Å². The Morgan fingerprint density at radius 3 is 2.32 bits per heavy atom. The first-order valence-electron chi connectivity index (χ1n) is 6.01. The lowest BCUT2D eigenvalue weighted by molar-refractivity contribution is 0.570. The van der Waals surface area contributed by atoms with E-state index in [9.17, 15) is 12.6 Å². The molecule has 1 rings (SSSR count). The van der Waals surface area contributed by atoms with Crippen LogP contribution in [0.4, 0.5) is 5.69 Å². The van der Waals surface area contributed by atoms with E-state index in [1.54, 1.807) is 37.4 Å². The van der Waals surface area contributed by atoms with Crippen LogP contribution in [0.3, 0.4) is 0 Å². The van der Waals surface area contributed by atoms with Gasteiger partial charge in [0.05, 0.1) is 4.90 Å². The molecular weight excluding hydrogens is 284 g/mol. The van der Waals surface area contributed by atoms with Crippen molar-refractivity contribution in [3.63, 3.8) is 0 Å². The van der Waals surface area contributed by atoms with Crippen LogP contribution in [-0.2, 0) is 20.8 Å². The molecule has 0 aromatic heterocycles. The number of nitrogens with one attached hydrogen (secondary N) is 2. The molecule has 0 fully saturated rings. The minimum absolute atomic E-state index is 0.211. The van der Waals surface area contributed by atoms with Crippen LogP contribution in [0.15, 0.2) is 29.2 Å². The fourth-order valence-electron chi connectivity index (χ4n) is 1.68. The van der Waals surface area contributed by atoms with Gasteiger partial charge in [0, 0.05) is 41.1 Å². The first kappa shape index (κ1) is 16.1. The summed E-state index contributed by atoms with van der Waals surface area (Å²) < 4.78 is 37.7. The Balaban J connectivity index is 2.79. The predicted octanol–water partition coefficient (Wildman–Crippen LogP) is 1.16. The Kier molecular flexibility index (Phi) is 5.96. The molecule has 0 saturated carbocycles. The summed E-state index contributed by atoms with van der Waals surface area (Å²) in [6.07, 6.45) is 1.55. The molecule has 5 nitrogen and oxygen atoms in total. The third-order valence-corrected chi connectivity index (χ3v) is 4.96. The van der Waals surface area contributed by atoms with Crippen LogP contribution in [0.1, 0.15) is 13.8 Å². The van der Waals surface area contributed by atoms with Crippen LogP contribution in [0.5, 0.6) is 0 Å². The second kappa shape index (κ2) is 7.02. The minimum Gasteiger partial charge on any atom is -0.385 e. The number of hydrogen-bond acceptors (Lipinski definition) is 4. The van der Waals surface area contributed by atoms with Crippen LogP contribution >= 0.6 is 0 Å². The van der Waals surface area contributed by atoms with Crippen LogP contribution in [0.25, 0.3) is 0 Å². The van der Waals surface area contributed by atoms with Crippen LogP contribution in [0, 0.1) is 0 Å². The summed E-state index contributed by atoms with van der Waals surface area (Å²) in [5.41, 5.74) is 0.879. The van der Waals surface area contributed by atoms with Crippen molar-refractivity contribution >= 4 is 26.5 Å². The largest absolute Gasteiger partial charge is 0.385 e. The summed E-state index contributed by atoms with van der Waals surface area (Å²) in [6.45, 7) is 4.45. The quantitative estimate of drug-likeness (QED) is 0.793. The van der Waals surface area contributed by atoms with Gasteiger partial charge in [-0.05, 0) is 38.1 Å². The van der Waals surface area contributed by atoms with Gasteiger partial charge in [-0.1, -0.05) is 0 Å². The number of rotatable bonds is 7. The van der Waals surface area contributed by atoms with Crippen molar-refractivity contribution in [2.24, 2.45) is 0 Å². The van der Waals surface area contributed by atoms with Crippen molar-refractivity contribution in [1.29, 1.82) is 0 Å². The number of anilines is 1. The summed E-state index contributed by atoms with van der Waals surface area (Å²) >= 11 is 0. The molecule has 2 atom stereocenters. The summed E-state index contributed by atoms with van der Waals surface area (Å²) in [5.74, 6) is 0.300. The molecule has 2 N–H and O–H groups in total. The molecule has 0 amide bonds. The van der Waals surface area contributed by atoms with Crippen molar-refractivity contribution in [3.05, 3.63) is 24.3 Å². The zero-order valence-electron chi connectivity index (χ0n) is 11.3. The maximum atomic E-state index is 12.1. The van der Waals surface area contributed by atoms with E-state index in [-0.39, 0.29) is 10.9 Å². The van der Waals surface area contributed by atoms with E-state index < -0.39 is 20.8 Å². The van der Waals surface area contributed by atoms with Crippen molar-refractivity contribution < 1.29 is 12.6 Å². The lowest BCUT2D eigenvalue weighted by atomic mass is 10.3. The molecule has 0 aliphatic rings. The van der Waals surface area contributed by atoms with Crippen molar-refractivity contribution in [3.8, 4) is 0 Å². The lowest BCUT2D eigenvalue weighted by Crippen LogP contribution is -2.36. The third kappa shape index (κ3) is 5.30. The Morgan fingerprint density at radius 1 is 1.26 bits per heavy atom. The Bertz CT molecular complexity index is 526. The summed E-state index contributed by atoms with van der Waals surface area (Å²) in [6, 6.07) is 6.19. The summed E-state index contributed by atoms with van der Waals surface area (Å²) in [5, 5.41) is 3.10. The standard InChI is InChI=1S/C12H20N2O3S2/c1-4-13-11-5-7-12(8-6-11)19(16,17)14-10(2)9-18(3)15/h5-8,10,13-14H,4,9H2,1-3H3. The maximum absolute atomic E-state index is 12.1. The van der Waals surface area contributed by atoms with Gasteiger partial charge in [0.25, 0.3) is 0 Å². The van der Waals surface area contributed by atoms with Gasteiger partial charge in [-0.25, -0.2) is 13.1 Å². The fraction of sp³-hybridized carbons (Fsp3) is 0.500. The molecule has 0 spiro atoms. The van der Waals surface area contributed by atoms with Gasteiger partial charge < -0.3 is 5.32 Å². The summed E-state index contributed by atoms with van der Waals surface area (Å²) in [4.78, 5) is 0.211. The molecule has 0 aliphatic heterocycles. The molecule has 1 aromatic rings.